The summed E-state index contributed by atoms with van der Waals surface area (Å²) in [7, 11) is 1.62. The maximum absolute atomic E-state index is 11.1. The maximum Gasteiger partial charge on any atom is 0.358 e. The fraction of sp³-hybridized carbons (Fsp3) is 0.727. The predicted octanol–water partition coefficient (Wildman–Crippen LogP) is 1.28. The van der Waals surface area contributed by atoms with E-state index in [2.05, 4.69) is 10.3 Å². The number of methoxy groups -OCH3 is 1. The first kappa shape index (κ1) is 12.0. The van der Waals surface area contributed by atoms with Gasteiger partial charge < -0.3 is 9.84 Å². The average Bonchev–Trinajstić information content (AvgIpc) is 2.94. The highest BCUT2D eigenvalue weighted by Gasteiger charge is 2.28. The smallest absolute Gasteiger partial charge is 0.358 e. The molecule has 6 heteroatoms. The third kappa shape index (κ3) is 2.46. The summed E-state index contributed by atoms with van der Waals surface area (Å²) < 4.78 is 6.68. The summed E-state index contributed by atoms with van der Waals surface area (Å²) in [5.41, 5.74) is 0.875. The Bertz CT molecular complexity index is 397. The van der Waals surface area contributed by atoms with E-state index in [0.717, 1.165) is 31.4 Å². The van der Waals surface area contributed by atoms with Gasteiger partial charge in [0, 0.05) is 13.0 Å². The minimum absolute atomic E-state index is 0.105. The number of ether oxygens (including phenoxy) is 1. The van der Waals surface area contributed by atoms with E-state index in [9.17, 15) is 4.79 Å². The van der Waals surface area contributed by atoms with Crippen molar-refractivity contribution in [2.75, 3.05) is 13.7 Å². The van der Waals surface area contributed by atoms with Crippen molar-refractivity contribution in [2.45, 2.75) is 38.1 Å². The molecule has 6 nitrogen and oxygen atoms in total. The van der Waals surface area contributed by atoms with E-state index >= 15 is 0 Å². The molecule has 0 aliphatic heterocycles. The van der Waals surface area contributed by atoms with Crippen LogP contribution in [0.15, 0.2) is 0 Å². The quantitative estimate of drug-likeness (QED) is 0.837. The minimum atomic E-state index is -0.990. The minimum Gasteiger partial charge on any atom is -0.476 e. The second kappa shape index (κ2) is 5.27. The zero-order chi connectivity index (χ0) is 12.3. The van der Waals surface area contributed by atoms with E-state index < -0.39 is 5.97 Å². The lowest BCUT2D eigenvalue weighted by Crippen LogP contribution is -2.14. The topological polar surface area (TPSA) is 77.2 Å². The number of hydrogen-bond donors (Lipinski definition) is 1. The van der Waals surface area contributed by atoms with Gasteiger partial charge in [-0.05, 0) is 12.8 Å². The number of carbonyl (C=O) groups is 1. The van der Waals surface area contributed by atoms with Crippen LogP contribution in [0.3, 0.4) is 0 Å². The highest BCUT2D eigenvalue weighted by Crippen LogP contribution is 2.35. The van der Waals surface area contributed by atoms with Crippen LogP contribution in [0.1, 0.15) is 47.8 Å². The molecule has 1 aliphatic rings. The van der Waals surface area contributed by atoms with Gasteiger partial charge in [-0.3, -0.25) is 0 Å². The fourth-order valence-electron chi connectivity index (χ4n) is 2.42. The molecule has 0 spiro atoms. The Morgan fingerprint density at radius 1 is 1.53 bits per heavy atom. The third-order valence-electron chi connectivity index (χ3n) is 3.23. The Hall–Kier alpha value is -1.43. The first-order valence-corrected chi connectivity index (χ1v) is 5.89. The van der Waals surface area contributed by atoms with Gasteiger partial charge in [0.25, 0.3) is 0 Å². The van der Waals surface area contributed by atoms with E-state index in [0.29, 0.717) is 13.2 Å². The molecular formula is C11H17N3O3. The lowest BCUT2D eigenvalue weighted by Gasteiger charge is -2.12. The third-order valence-corrected chi connectivity index (χ3v) is 3.23. The van der Waals surface area contributed by atoms with E-state index in [-0.39, 0.29) is 11.6 Å². The van der Waals surface area contributed by atoms with Crippen molar-refractivity contribution in [3.05, 3.63) is 11.4 Å². The Kier molecular flexibility index (Phi) is 3.73. The van der Waals surface area contributed by atoms with Crippen LogP contribution in [0.4, 0.5) is 0 Å². The van der Waals surface area contributed by atoms with Gasteiger partial charge in [-0.2, -0.15) is 0 Å². The summed E-state index contributed by atoms with van der Waals surface area (Å²) in [6.45, 7) is 1.07. The van der Waals surface area contributed by atoms with Gasteiger partial charge in [-0.15, -0.1) is 5.10 Å². The van der Waals surface area contributed by atoms with Crippen molar-refractivity contribution in [3.63, 3.8) is 0 Å². The van der Waals surface area contributed by atoms with E-state index in [1.165, 1.54) is 0 Å². The molecule has 94 valence electrons. The molecule has 1 saturated carbocycles. The molecule has 2 rings (SSSR count). The zero-order valence-corrected chi connectivity index (χ0v) is 9.93. The van der Waals surface area contributed by atoms with Crippen molar-refractivity contribution in [3.8, 4) is 0 Å². The van der Waals surface area contributed by atoms with Crippen LogP contribution in [0.25, 0.3) is 0 Å². The van der Waals surface area contributed by atoms with Gasteiger partial charge >= 0.3 is 5.97 Å². The zero-order valence-electron chi connectivity index (χ0n) is 9.93. The Balaban J connectivity index is 2.28. The molecule has 0 radical (unpaired) electrons. The van der Waals surface area contributed by atoms with Crippen LogP contribution >= 0.6 is 0 Å². The molecule has 1 heterocycles. The Morgan fingerprint density at radius 3 is 2.82 bits per heavy atom. The van der Waals surface area contributed by atoms with E-state index in [4.69, 9.17) is 9.84 Å². The predicted molar refractivity (Wildman–Crippen MR) is 60.1 cm³/mol. The van der Waals surface area contributed by atoms with Crippen molar-refractivity contribution >= 4 is 5.97 Å². The van der Waals surface area contributed by atoms with Crippen molar-refractivity contribution in [1.82, 2.24) is 15.0 Å². The largest absolute Gasteiger partial charge is 0.476 e. The van der Waals surface area contributed by atoms with Gasteiger partial charge in [0.05, 0.1) is 18.8 Å². The van der Waals surface area contributed by atoms with E-state index in [1.54, 1.807) is 11.8 Å². The van der Waals surface area contributed by atoms with Gasteiger partial charge in [0.2, 0.25) is 0 Å². The molecule has 0 bridgehead atoms. The summed E-state index contributed by atoms with van der Waals surface area (Å²) in [6.07, 6.45) is 4.36. The molecule has 0 unspecified atom stereocenters. The highest BCUT2D eigenvalue weighted by molar-refractivity contribution is 5.86. The lowest BCUT2D eigenvalue weighted by molar-refractivity contribution is 0.0688. The van der Waals surface area contributed by atoms with Crippen LogP contribution in [0.5, 0.6) is 0 Å². The Morgan fingerprint density at radius 2 is 2.24 bits per heavy atom. The number of aromatic carboxylic acids is 1. The van der Waals surface area contributed by atoms with Crippen LogP contribution in [0, 0.1) is 0 Å². The standard InChI is InChI=1S/C11H17N3O3/c1-17-7-6-14-10(8-4-2-3-5-8)9(11(15)16)12-13-14/h8H,2-7H2,1H3,(H,15,16). The summed E-state index contributed by atoms with van der Waals surface area (Å²) in [5.74, 6) is -0.705. The molecule has 1 aromatic heterocycles. The number of carboxylic acid groups (broad SMARTS) is 1. The normalized spacial score (nSPS) is 16.5. The van der Waals surface area contributed by atoms with Gasteiger partial charge in [-0.25, -0.2) is 9.48 Å². The SMILES string of the molecule is COCCn1nnc(C(=O)O)c1C1CCCC1. The molecule has 0 atom stereocenters. The van der Waals surface area contributed by atoms with Gasteiger partial charge in [0.1, 0.15) is 0 Å². The first-order chi connectivity index (χ1) is 8.24. The summed E-state index contributed by atoms with van der Waals surface area (Å²) in [6, 6.07) is 0. The van der Waals surface area contributed by atoms with Gasteiger partial charge in [0.15, 0.2) is 5.69 Å². The van der Waals surface area contributed by atoms with Crippen LogP contribution in [-0.4, -0.2) is 39.8 Å². The van der Waals surface area contributed by atoms with Gasteiger partial charge in [-0.1, -0.05) is 18.1 Å². The molecule has 0 aromatic carbocycles. The van der Waals surface area contributed by atoms with Crippen LogP contribution < -0.4 is 0 Å². The van der Waals surface area contributed by atoms with Crippen molar-refractivity contribution in [2.24, 2.45) is 0 Å². The molecule has 1 aromatic rings. The number of carboxylic acids is 1. The second-order valence-electron chi connectivity index (χ2n) is 4.33. The monoisotopic (exact) mass is 239 g/mol. The summed E-state index contributed by atoms with van der Waals surface area (Å²) >= 11 is 0. The number of nitrogens with zero attached hydrogens (tertiary/aromatic N) is 3. The number of rotatable bonds is 5. The molecule has 1 fully saturated rings. The second-order valence-corrected chi connectivity index (χ2v) is 4.33. The first-order valence-electron chi connectivity index (χ1n) is 5.89. The van der Waals surface area contributed by atoms with Crippen LogP contribution in [-0.2, 0) is 11.3 Å². The molecule has 1 aliphatic carbocycles. The Labute approximate surface area is 99.6 Å². The van der Waals surface area contributed by atoms with Crippen LogP contribution in [0.2, 0.25) is 0 Å². The fourth-order valence-corrected chi connectivity index (χ4v) is 2.42. The maximum atomic E-state index is 11.1. The lowest BCUT2D eigenvalue weighted by atomic mass is 10.0. The van der Waals surface area contributed by atoms with Crippen molar-refractivity contribution < 1.29 is 14.6 Å². The number of aromatic nitrogens is 3. The molecule has 0 saturated heterocycles. The average molecular weight is 239 g/mol. The molecule has 0 amide bonds. The number of hydrogen-bond acceptors (Lipinski definition) is 4. The molecular weight excluding hydrogens is 222 g/mol. The highest BCUT2D eigenvalue weighted by atomic mass is 16.5. The molecule has 1 N–H and O–H groups in total. The summed E-state index contributed by atoms with van der Waals surface area (Å²) in [4.78, 5) is 11.1. The molecule has 17 heavy (non-hydrogen) atoms. The summed E-state index contributed by atoms with van der Waals surface area (Å²) in [5, 5.41) is 16.8. The van der Waals surface area contributed by atoms with E-state index in [1.807, 2.05) is 0 Å². The van der Waals surface area contributed by atoms with Crippen molar-refractivity contribution in [1.29, 1.82) is 0 Å².